The van der Waals surface area contributed by atoms with Gasteiger partial charge in [-0.1, -0.05) is 25.5 Å². The maximum absolute atomic E-state index is 13.4. The fourth-order valence-corrected chi connectivity index (χ4v) is 6.67. The van der Waals surface area contributed by atoms with Crippen LogP contribution in [-0.4, -0.2) is 58.3 Å². The Morgan fingerprint density at radius 3 is 2.82 bits per heavy atom. The van der Waals surface area contributed by atoms with E-state index in [1.807, 2.05) is 6.92 Å². The smallest absolute Gasteiger partial charge is 0.313 e. The Labute approximate surface area is 227 Å². The maximum atomic E-state index is 13.4. The van der Waals surface area contributed by atoms with Crippen LogP contribution in [0.1, 0.15) is 62.2 Å². The molecule has 0 bridgehead atoms. The number of thiazole rings is 1. The molecule has 2 aromatic heterocycles. The van der Waals surface area contributed by atoms with E-state index < -0.39 is 11.8 Å². The number of piperidine rings is 1. The molecule has 1 fully saturated rings. The van der Waals surface area contributed by atoms with E-state index in [4.69, 9.17) is 10.7 Å². The number of likely N-dealkylation sites (tertiary alicyclic amines) is 1. The molecule has 0 radical (unpaired) electrons. The zero-order valence-electron chi connectivity index (χ0n) is 22.6. The van der Waals surface area contributed by atoms with Gasteiger partial charge in [-0.05, 0) is 80.5 Å². The monoisotopic (exact) mass is 532 g/mol. The third-order valence-electron chi connectivity index (χ3n) is 7.73. The summed E-state index contributed by atoms with van der Waals surface area (Å²) in [5.74, 6) is -0.423. The van der Waals surface area contributed by atoms with Gasteiger partial charge in [0.1, 0.15) is 10.8 Å². The van der Waals surface area contributed by atoms with E-state index in [-0.39, 0.29) is 6.04 Å². The van der Waals surface area contributed by atoms with Crippen LogP contribution in [0, 0.1) is 5.92 Å². The van der Waals surface area contributed by atoms with Crippen molar-refractivity contribution in [3.63, 3.8) is 0 Å². The molecule has 2 aliphatic rings. The second kappa shape index (κ2) is 10.8. The van der Waals surface area contributed by atoms with Crippen LogP contribution in [0.4, 0.5) is 11.5 Å². The summed E-state index contributed by atoms with van der Waals surface area (Å²) >= 11 is 1.73. The van der Waals surface area contributed by atoms with Crippen molar-refractivity contribution in [3.8, 4) is 0 Å². The zero-order chi connectivity index (χ0) is 27.0. The molecule has 2 atom stereocenters. The number of hydrogen-bond acceptors (Lipinski definition) is 7. The summed E-state index contributed by atoms with van der Waals surface area (Å²) in [5, 5.41) is 3.83. The molecule has 9 heteroatoms. The van der Waals surface area contributed by atoms with Crippen LogP contribution < -0.4 is 11.1 Å². The van der Waals surface area contributed by atoms with Gasteiger partial charge in [0, 0.05) is 19.6 Å². The number of carbonyl (C=O) groups is 2. The van der Waals surface area contributed by atoms with E-state index >= 15 is 0 Å². The zero-order valence-corrected chi connectivity index (χ0v) is 23.4. The van der Waals surface area contributed by atoms with Gasteiger partial charge in [0.15, 0.2) is 0 Å². The first-order chi connectivity index (χ1) is 18.2. The summed E-state index contributed by atoms with van der Waals surface area (Å²) in [4.78, 5) is 39.7. The van der Waals surface area contributed by atoms with E-state index in [0.29, 0.717) is 30.4 Å². The van der Waals surface area contributed by atoms with Gasteiger partial charge in [-0.25, -0.2) is 9.97 Å². The minimum atomic E-state index is -0.653. The van der Waals surface area contributed by atoms with Crippen molar-refractivity contribution in [2.24, 2.45) is 5.92 Å². The maximum Gasteiger partial charge on any atom is 0.313 e. The predicted octanol–water partition coefficient (Wildman–Crippen LogP) is 4.88. The Hall–Kier alpha value is -3.30. The highest BCUT2D eigenvalue weighted by atomic mass is 32.1. The van der Waals surface area contributed by atoms with E-state index in [1.165, 1.54) is 17.3 Å². The van der Waals surface area contributed by atoms with Crippen molar-refractivity contribution >= 4 is 50.4 Å². The summed E-state index contributed by atoms with van der Waals surface area (Å²) < 4.78 is 1.14. The van der Waals surface area contributed by atoms with Crippen molar-refractivity contribution in [2.75, 3.05) is 37.7 Å². The molecular formula is C29H36N6O2S. The number of pyridine rings is 1. The third-order valence-corrected chi connectivity index (χ3v) is 8.83. The minimum Gasteiger partial charge on any atom is -0.383 e. The Morgan fingerprint density at radius 2 is 2.05 bits per heavy atom. The molecule has 8 nitrogen and oxygen atoms in total. The van der Waals surface area contributed by atoms with Gasteiger partial charge >= 0.3 is 11.8 Å². The molecule has 2 amide bonds. The summed E-state index contributed by atoms with van der Waals surface area (Å²) in [7, 11) is 2.15. The standard InChI is InChI=1S/C29H36N6O2S/c1-5-19-12-21(14-31-26(19)30)32-27(36)29(37)35-15-17(2)6-8-24(35)20-7-9-25-23(13-20)33-28(38-25)22-10-11-34(4)16-18(22)3/h7,9,12-14,17,24H,5-6,8,10-11,15-16H2,1-4H3,(H2,30,31)(H,32,36)/t17-,24+/m0/s1. The van der Waals surface area contributed by atoms with Gasteiger partial charge in [-0.3, -0.25) is 9.59 Å². The highest BCUT2D eigenvalue weighted by Crippen LogP contribution is 2.37. The number of nitrogen functional groups attached to an aromatic ring is 1. The van der Waals surface area contributed by atoms with Crippen LogP contribution in [0.15, 0.2) is 36.0 Å². The number of nitrogens with two attached hydrogens (primary N) is 1. The van der Waals surface area contributed by atoms with Crippen LogP contribution in [0.5, 0.6) is 0 Å². The molecule has 38 heavy (non-hydrogen) atoms. The summed E-state index contributed by atoms with van der Waals surface area (Å²) in [6.07, 6.45) is 5.00. The van der Waals surface area contributed by atoms with E-state index in [9.17, 15) is 9.59 Å². The number of hydrogen-bond donors (Lipinski definition) is 2. The first-order valence-electron chi connectivity index (χ1n) is 13.4. The molecule has 5 rings (SSSR count). The number of aromatic nitrogens is 2. The van der Waals surface area contributed by atoms with Gasteiger partial charge in [-0.15, -0.1) is 11.3 Å². The topological polar surface area (TPSA) is 104 Å². The molecule has 3 aromatic rings. The van der Waals surface area contributed by atoms with E-state index in [0.717, 1.165) is 58.7 Å². The lowest BCUT2D eigenvalue weighted by atomic mass is 9.89. The van der Waals surface area contributed by atoms with Gasteiger partial charge in [0.25, 0.3) is 0 Å². The second-order valence-corrected chi connectivity index (χ2v) is 11.8. The Kier molecular flexibility index (Phi) is 7.49. The number of rotatable bonds is 4. The van der Waals surface area contributed by atoms with Crippen LogP contribution in [0.25, 0.3) is 15.8 Å². The molecule has 0 aliphatic carbocycles. The summed E-state index contributed by atoms with van der Waals surface area (Å²) in [5.41, 5.74) is 11.9. The number of carbonyl (C=O) groups excluding carboxylic acids is 2. The number of anilines is 2. The molecule has 0 unspecified atom stereocenters. The van der Waals surface area contributed by atoms with Gasteiger partial charge in [-0.2, -0.15) is 0 Å². The number of likely N-dealkylation sites (N-methyl/N-ethyl adjacent to an activating group) is 1. The number of nitrogens with one attached hydrogen (secondary N) is 1. The molecule has 1 saturated heterocycles. The Balaban J connectivity index is 1.39. The Bertz CT molecular complexity index is 1410. The number of nitrogens with zero attached hydrogens (tertiary/aromatic N) is 4. The Morgan fingerprint density at radius 1 is 1.24 bits per heavy atom. The molecule has 3 N–H and O–H groups in total. The average Bonchev–Trinajstić information content (AvgIpc) is 3.32. The quantitative estimate of drug-likeness (QED) is 0.464. The van der Waals surface area contributed by atoms with Gasteiger partial charge < -0.3 is 20.9 Å². The lowest BCUT2D eigenvalue weighted by Gasteiger charge is -2.38. The van der Waals surface area contributed by atoms with Crippen molar-refractivity contribution < 1.29 is 9.59 Å². The van der Waals surface area contributed by atoms with Gasteiger partial charge in [0.05, 0.1) is 28.1 Å². The fraction of sp³-hybridized carbons (Fsp3) is 0.448. The lowest BCUT2D eigenvalue weighted by Crippen LogP contribution is -2.46. The number of fused-ring (bicyclic) bond motifs is 1. The number of benzene rings is 1. The van der Waals surface area contributed by atoms with Crippen LogP contribution >= 0.6 is 11.3 Å². The largest absolute Gasteiger partial charge is 0.383 e. The number of amides is 2. The minimum absolute atomic E-state index is 0.168. The molecule has 0 saturated carbocycles. The molecule has 0 spiro atoms. The van der Waals surface area contributed by atoms with Crippen molar-refractivity contribution in [1.29, 1.82) is 0 Å². The van der Waals surface area contributed by atoms with Gasteiger partial charge in [0.2, 0.25) is 0 Å². The first kappa shape index (κ1) is 26.3. The van der Waals surface area contributed by atoms with Crippen molar-refractivity contribution in [3.05, 3.63) is 52.2 Å². The molecular weight excluding hydrogens is 496 g/mol. The van der Waals surface area contributed by atoms with E-state index in [2.05, 4.69) is 54.3 Å². The number of aryl methyl sites for hydroxylation is 1. The van der Waals surface area contributed by atoms with Crippen molar-refractivity contribution in [1.82, 2.24) is 19.8 Å². The molecule has 1 aromatic carbocycles. The van der Waals surface area contributed by atoms with Crippen molar-refractivity contribution in [2.45, 2.75) is 52.5 Å². The van der Waals surface area contributed by atoms with Crippen LogP contribution in [0.2, 0.25) is 0 Å². The summed E-state index contributed by atoms with van der Waals surface area (Å²) in [6, 6.07) is 7.93. The normalized spacial score (nSPS) is 20.7. The summed E-state index contributed by atoms with van der Waals surface area (Å²) in [6.45, 7) is 8.85. The average molecular weight is 533 g/mol. The molecule has 2 aliphatic heterocycles. The first-order valence-corrected chi connectivity index (χ1v) is 14.2. The predicted molar refractivity (Wildman–Crippen MR) is 154 cm³/mol. The molecule has 4 heterocycles. The third kappa shape index (κ3) is 5.31. The second-order valence-electron chi connectivity index (χ2n) is 10.7. The molecule has 200 valence electrons. The van der Waals surface area contributed by atoms with E-state index in [1.54, 1.807) is 22.3 Å². The highest BCUT2D eigenvalue weighted by molar-refractivity contribution is 7.19. The lowest BCUT2D eigenvalue weighted by molar-refractivity contribution is -0.146. The van der Waals surface area contributed by atoms with Crippen LogP contribution in [0.3, 0.4) is 0 Å². The SMILES string of the molecule is CCc1cc(NC(=O)C(=O)N2C[C@@H](C)CC[C@@H]2c2ccc3sc(C4=C(C)CN(C)CC4)nc3c2)cnc1N. The highest BCUT2D eigenvalue weighted by Gasteiger charge is 2.34. The fourth-order valence-electron chi connectivity index (χ4n) is 5.58. The van der Waals surface area contributed by atoms with Crippen LogP contribution in [-0.2, 0) is 16.0 Å².